The summed E-state index contributed by atoms with van der Waals surface area (Å²) in [5, 5.41) is 7.18. The van der Waals surface area contributed by atoms with Gasteiger partial charge in [-0.05, 0) is 30.3 Å². The summed E-state index contributed by atoms with van der Waals surface area (Å²) < 4.78 is 48.6. The van der Waals surface area contributed by atoms with Gasteiger partial charge in [0.25, 0.3) is 5.92 Å². The van der Waals surface area contributed by atoms with Crippen molar-refractivity contribution in [1.82, 2.24) is 24.6 Å². The molecule has 5 rings (SSSR count). The Morgan fingerprint density at radius 2 is 1.88 bits per heavy atom. The van der Waals surface area contributed by atoms with Gasteiger partial charge in [0.1, 0.15) is 23.8 Å². The van der Waals surface area contributed by atoms with E-state index in [0.29, 0.717) is 30.6 Å². The summed E-state index contributed by atoms with van der Waals surface area (Å²) in [7, 11) is 0. The third kappa shape index (κ3) is 4.79. The molecule has 0 bridgehead atoms. The van der Waals surface area contributed by atoms with Crippen molar-refractivity contribution in [3.63, 3.8) is 0 Å². The molecule has 0 amide bonds. The molecule has 0 aliphatic carbocycles. The molecule has 1 aromatic carbocycles. The first-order valence-electron chi connectivity index (χ1n) is 10.8. The monoisotopic (exact) mass is 459 g/mol. The number of nitrogens with one attached hydrogen (secondary N) is 1. The summed E-state index contributed by atoms with van der Waals surface area (Å²) in [4.78, 5) is 13.1. The summed E-state index contributed by atoms with van der Waals surface area (Å²) in [6, 6.07) is 9.09. The lowest BCUT2D eigenvalue weighted by atomic mass is 10.1. The predicted octanol–water partition coefficient (Wildman–Crippen LogP) is 3.18. The van der Waals surface area contributed by atoms with Crippen LogP contribution in [0.3, 0.4) is 0 Å². The Morgan fingerprint density at radius 3 is 2.55 bits per heavy atom. The van der Waals surface area contributed by atoms with Crippen LogP contribution in [0.5, 0.6) is 0 Å². The van der Waals surface area contributed by atoms with Crippen LogP contribution in [0.4, 0.5) is 30.8 Å². The highest BCUT2D eigenvalue weighted by atomic mass is 19.3. The van der Waals surface area contributed by atoms with Crippen molar-refractivity contribution < 1.29 is 17.9 Å². The van der Waals surface area contributed by atoms with Gasteiger partial charge < -0.3 is 15.0 Å². The van der Waals surface area contributed by atoms with E-state index in [1.165, 1.54) is 35.3 Å². The third-order valence-corrected chi connectivity index (χ3v) is 5.90. The zero-order valence-corrected chi connectivity index (χ0v) is 18.1. The Morgan fingerprint density at radius 1 is 1.09 bits per heavy atom. The first kappa shape index (κ1) is 21.7. The number of pyridine rings is 1. The average molecular weight is 459 g/mol. The molecule has 2 aliphatic rings. The molecule has 8 nitrogen and oxygen atoms in total. The minimum absolute atomic E-state index is 0.144. The topological polar surface area (TPSA) is 71.3 Å². The largest absolute Gasteiger partial charge is 0.378 e. The Bertz CT molecular complexity index is 1120. The molecule has 4 heterocycles. The van der Waals surface area contributed by atoms with Crippen LogP contribution in [-0.4, -0.2) is 70.1 Å². The molecule has 33 heavy (non-hydrogen) atoms. The van der Waals surface area contributed by atoms with Crippen LogP contribution < -0.4 is 10.2 Å². The molecular weight excluding hydrogens is 435 g/mol. The van der Waals surface area contributed by atoms with Crippen molar-refractivity contribution in [2.24, 2.45) is 0 Å². The lowest BCUT2D eigenvalue weighted by Gasteiger charge is -2.43. The van der Waals surface area contributed by atoms with Crippen LogP contribution in [0.2, 0.25) is 0 Å². The molecule has 3 aromatic rings. The molecule has 174 valence electrons. The molecule has 11 heteroatoms. The average Bonchev–Trinajstić information content (AvgIpc) is 3.21. The fourth-order valence-electron chi connectivity index (χ4n) is 3.92. The van der Waals surface area contributed by atoms with Gasteiger partial charge in [-0.3, -0.25) is 4.90 Å². The maximum absolute atomic E-state index is 14.2. The molecule has 2 aromatic heterocycles. The van der Waals surface area contributed by atoms with E-state index in [1.54, 1.807) is 12.1 Å². The number of rotatable bonds is 6. The molecule has 0 atom stereocenters. The van der Waals surface area contributed by atoms with Gasteiger partial charge >= 0.3 is 0 Å². The molecule has 2 saturated heterocycles. The second-order valence-electron chi connectivity index (χ2n) is 8.32. The number of anilines is 3. The Labute approximate surface area is 189 Å². The van der Waals surface area contributed by atoms with Crippen LogP contribution in [0.1, 0.15) is 12.5 Å². The van der Waals surface area contributed by atoms with Gasteiger partial charge in [0.05, 0.1) is 24.9 Å². The summed E-state index contributed by atoms with van der Waals surface area (Å²) in [6.45, 7) is 5.39. The van der Waals surface area contributed by atoms with Crippen LogP contribution in [0.25, 0.3) is 5.69 Å². The molecule has 2 fully saturated rings. The van der Waals surface area contributed by atoms with Gasteiger partial charge in [0.15, 0.2) is 0 Å². The van der Waals surface area contributed by atoms with E-state index in [4.69, 9.17) is 4.74 Å². The number of nitrogens with zero attached hydrogens (tertiary/aromatic N) is 6. The number of halogens is 3. The van der Waals surface area contributed by atoms with Crippen LogP contribution in [0, 0.1) is 5.82 Å². The minimum Gasteiger partial charge on any atom is -0.378 e. The molecule has 0 unspecified atom stereocenters. The number of hydrogen-bond donors (Lipinski definition) is 1. The Balaban J connectivity index is 1.36. The Hall–Kier alpha value is -3.18. The summed E-state index contributed by atoms with van der Waals surface area (Å²) >= 11 is 0. The number of aromatic nitrogens is 4. The molecule has 0 saturated carbocycles. The minimum atomic E-state index is -3.03. The smallest absolute Gasteiger partial charge is 0.270 e. The van der Waals surface area contributed by atoms with Crippen molar-refractivity contribution in [1.29, 1.82) is 0 Å². The SMILES string of the molecule is CC(F)(F)c1cc(Nc2ncn(-c3cccc(F)c3)n2)nc(N2CCN(C3COC3)CC2)c1. The number of hydrogen-bond acceptors (Lipinski definition) is 7. The van der Waals surface area contributed by atoms with E-state index in [1.807, 2.05) is 4.90 Å². The van der Waals surface area contributed by atoms with E-state index in [0.717, 1.165) is 33.2 Å². The van der Waals surface area contributed by atoms with Gasteiger partial charge in [-0.2, -0.15) is 4.98 Å². The highest BCUT2D eigenvalue weighted by Gasteiger charge is 2.31. The lowest BCUT2D eigenvalue weighted by molar-refractivity contribution is -0.0661. The van der Waals surface area contributed by atoms with Crippen molar-refractivity contribution in [2.45, 2.75) is 18.9 Å². The quantitative estimate of drug-likeness (QED) is 0.607. The number of benzene rings is 1. The molecule has 2 aliphatic heterocycles. The van der Waals surface area contributed by atoms with Crippen molar-refractivity contribution in [3.8, 4) is 5.69 Å². The van der Waals surface area contributed by atoms with Gasteiger partial charge in [0, 0.05) is 38.7 Å². The van der Waals surface area contributed by atoms with Crippen LogP contribution in [0.15, 0.2) is 42.7 Å². The van der Waals surface area contributed by atoms with Gasteiger partial charge in [-0.25, -0.2) is 22.8 Å². The Kier molecular flexibility index (Phi) is 5.67. The van der Waals surface area contributed by atoms with Gasteiger partial charge in [0.2, 0.25) is 5.95 Å². The fraction of sp³-hybridized carbons (Fsp3) is 0.409. The molecule has 1 N–H and O–H groups in total. The summed E-state index contributed by atoms with van der Waals surface area (Å²) in [6.07, 6.45) is 1.42. The van der Waals surface area contributed by atoms with Gasteiger partial charge in [-0.1, -0.05) is 6.07 Å². The van der Waals surface area contributed by atoms with E-state index >= 15 is 0 Å². The summed E-state index contributed by atoms with van der Waals surface area (Å²) in [5.74, 6) is -2.56. The first-order valence-corrected chi connectivity index (χ1v) is 10.8. The van der Waals surface area contributed by atoms with Crippen LogP contribution in [-0.2, 0) is 10.7 Å². The number of alkyl halides is 2. The lowest BCUT2D eigenvalue weighted by Crippen LogP contribution is -2.56. The molecule has 0 radical (unpaired) electrons. The molecular formula is C22H24F3N7O. The standard InChI is InChI=1S/C22H24F3N7O/c1-22(24,25)15-9-19(28-21-26-14-32(29-21)17-4-2-3-16(23)11-17)27-20(10-15)31-7-5-30(6-8-31)18-12-33-13-18/h2-4,9-11,14,18H,5-8,12-13H2,1H3,(H,27,28,29). The molecule has 0 spiro atoms. The second kappa shape index (κ2) is 8.64. The van der Waals surface area contributed by atoms with E-state index in [9.17, 15) is 13.2 Å². The number of ether oxygens (including phenoxy) is 1. The highest BCUT2D eigenvalue weighted by Crippen LogP contribution is 2.32. The first-order chi connectivity index (χ1) is 15.8. The highest BCUT2D eigenvalue weighted by molar-refractivity contribution is 5.56. The zero-order valence-electron chi connectivity index (χ0n) is 18.1. The van der Waals surface area contributed by atoms with Crippen molar-refractivity contribution >= 4 is 17.6 Å². The van der Waals surface area contributed by atoms with E-state index in [2.05, 4.69) is 25.3 Å². The maximum atomic E-state index is 14.2. The maximum Gasteiger partial charge on any atom is 0.270 e. The number of piperazine rings is 1. The normalized spacial score (nSPS) is 17.8. The van der Waals surface area contributed by atoms with Gasteiger partial charge in [-0.15, -0.1) is 5.10 Å². The van der Waals surface area contributed by atoms with E-state index in [-0.39, 0.29) is 17.3 Å². The third-order valence-electron chi connectivity index (χ3n) is 5.90. The van der Waals surface area contributed by atoms with Crippen LogP contribution >= 0.6 is 0 Å². The predicted molar refractivity (Wildman–Crippen MR) is 117 cm³/mol. The summed E-state index contributed by atoms with van der Waals surface area (Å²) in [5.41, 5.74) is 0.349. The zero-order chi connectivity index (χ0) is 23.0. The van der Waals surface area contributed by atoms with Crippen molar-refractivity contribution in [3.05, 3.63) is 54.1 Å². The van der Waals surface area contributed by atoms with Crippen molar-refractivity contribution in [2.75, 3.05) is 49.6 Å². The van der Waals surface area contributed by atoms with E-state index < -0.39 is 11.7 Å². The second-order valence-corrected chi connectivity index (χ2v) is 8.32. The fourth-order valence-corrected chi connectivity index (χ4v) is 3.92.